The van der Waals surface area contributed by atoms with Crippen LogP contribution < -0.4 is 10.5 Å². The van der Waals surface area contributed by atoms with Gasteiger partial charge in [0.25, 0.3) is 11.6 Å². The first-order valence-corrected chi connectivity index (χ1v) is 5.77. The molecule has 2 rings (SSSR count). The van der Waals surface area contributed by atoms with Gasteiger partial charge in [-0.3, -0.25) is 19.9 Å². The summed E-state index contributed by atoms with van der Waals surface area (Å²) in [5, 5.41) is 25.6. The van der Waals surface area contributed by atoms with Gasteiger partial charge in [-0.05, 0) is 12.1 Å². The van der Waals surface area contributed by atoms with Crippen LogP contribution in [-0.2, 0) is 0 Å². The average Bonchev–Trinajstić information content (AvgIpc) is 2.48. The Hall–Kier alpha value is -3.29. The Morgan fingerprint density at radius 2 is 2.00 bits per heavy atom. The minimum Gasteiger partial charge on any atom is -0.872 e. The maximum Gasteiger partial charge on any atom is 0.278 e. The third-order valence-corrected chi connectivity index (χ3v) is 2.51. The molecule has 1 aromatic heterocycles. The van der Waals surface area contributed by atoms with Gasteiger partial charge in [-0.2, -0.15) is 5.10 Å². The summed E-state index contributed by atoms with van der Waals surface area (Å²) in [7, 11) is 0. The van der Waals surface area contributed by atoms with Crippen LogP contribution in [0.3, 0.4) is 0 Å². The molecule has 0 aliphatic carbocycles. The smallest absolute Gasteiger partial charge is 0.278 e. The summed E-state index contributed by atoms with van der Waals surface area (Å²) in [6, 6.07) is 6.23. The predicted octanol–water partition coefficient (Wildman–Crippen LogP) is 0.827. The number of hydrazone groups is 1. The van der Waals surface area contributed by atoms with Crippen molar-refractivity contribution < 1.29 is 14.8 Å². The number of aromatic nitrogens is 1. The molecule has 0 radical (unpaired) electrons. The molecular weight excluding hydrogens is 276 g/mol. The number of nitrogens with one attached hydrogen (secondary N) is 1. The molecule has 1 amide bonds. The zero-order chi connectivity index (χ0) is 15.2. The van der Waals surface area contributed by atoms with Crippen molar-refractivity contribution in [1.29, 1.82) is 0 Å². The number of nitrogens with zero attached hydrogens (tertiary/aromatic N) is 3. The normalized spacial score (nSPS) is 10.5. The Bertz CT molecular complexity index is 701. The number of hydrogen-bond donors (Lipinski definition) is 1. The third-order valence-electron chi connectivity index (χ3n) is 2.51. The lowest BCUT2D eigenvalue weighted by molar-refractivity contribution is -0.385. The zero-order valence-electron chi connectivity index (χ0n) is 10.6. The number of nitro benzene ring substituents is 1. The molecule has 0 bridgehead atoms. The van der Waals surface area contributed by atoms with Crippen LogP contribution in [0.2, 0.25) is 0 Å². The molecule has 8 nitrogen and oxygen atoms in total. The summed E-state index contributed by atoms with van der Waals surface area (Å²) in [6.07, 6.45) is 3.95. The van der Waals surface area contributed by atoms with E-state index in [0.717, 1.165) is 24.4 Å². The van der Waals surface area contributed by atoms with E-state index in [1.165, 1.54) is 24.5 Å². The average molecular weight is 285 g/mol. The summed E-state index contributed by atoms with van der Waals surface area (Å²) in [5.41, 5.74) is 2.30. The first-order valence-electron chi connectivity index (χ1n) is 5.77. The number of amides is 1. The molecule has 106 valence electrons. The molecule has 0 aliphatic rings. The number of nitro groups is 1. The fraction of sp³-hybridized carbons (Fsp3) is 0. The summed E-state index contributed by atoms with van der Waals surface area (Å²) in [6.45, 7) is 0. The van der Waals surface area contributed by atoms with Gasteiger partial charge in [0.2, 0.25) is 0 Å². The van der Waals surface area contributed by atoms with E-state index < -0.39 is 10.8 Å². The number of carbonyl (C=O) groups excluding carboxylic acids is 1. The molecule has 0 saturated heterocycles. The second-order valence-electron chi connectivity index (χ2n) is 3.91. The second kappa shape index (κ2) is 6.24. The van der Waals surface area contributed by atoms with Gasteiger partial charge in [-0.15, -0.1) is 5.75 Å². The largest absolute Gasteiger partial charge is 0.872 e. The van der Waals surface area contributed by atoms with E-state index >= 15 is 0 Å². The Labute approximate surface area is 118 Å². The number of hydrogen-bond acceptors (Lipinski definition) is 6. The van der Waals surface area contributed by atoms with Gasteiger partial charge < -0.3 is 5.11 Å². The van der Waals surface area contributed by atoms with Crippen LogP contribution >= 0.6 is 0 Å². The van der Waals surface area contributed by atoms with Gasteiger partial charge in [0.05, 0.1) is 16.7 Å². The molecule has 1 heterocycles. The molecule has 21 heavy (non-hydrogen) atoms. The van der Waals surface area contributed by atoms with Crippen molar-refractivity contribution >= 4 is 17.8 Å². The van der Waals surface area contributed by atoms with Crippen molar-refractivity contribution in [3.8, 4) is 5.75 Å². The highest BCUT2D eigenvalue weighted by molar-refractivity contribution is 5.95. The Morgan fingerprint density at radius 1 is 1.29 bits per heavy atom. The first kappa shape index (κ1) is 14.1. The monoisotopic (exact) mass is 285 g/mol. The Balaban J connectivity index is 2.13. The molecule has 2 aromatic rings. The van der Waals surface area contributed by atoms with E-state index in [1.54, 1.807) is 0 Å². The van der Waals surface area contributed by atoms with Crippen LogP contribution in [0.1, 0.15) is 15.9 Å². The van der Waals surface area contributed by atoms with Crippen molar-refractivity contribution in [2.75, 3.05) is 0 Å². The zero-order valence-corrected chi connectivity index (χ0v) is 10.6. The number of carbonyl (C=O) groups is 1. The molecule has 0 saturated carbocycles. The minimum atomic E-state index is -0.633. The molecule has 1 N–H and O–H groups in total. The maximum absolute atomic E-state index is 11.7. The number of benzene rings is 1. The van der Waals surface area contributed by atoms with Crippen molar-refractivity contribution in [2.24, 2.45) is 5.10 Å². The Kier molecular flexibility index (Phi) is 4.20. The van der Waals surface area contributed by atoms with E-state index in [2.05, 4.69) is 15.5 Å². The Morgan fingerprint density at radius 3 is 2.67 bits per heavy atom. The molecule has 0 unspecified atom stereocenters. The minimum absolute atomic E-state index is 0.0162. The summed E-state index contributed by atoms with van der Waals surface area (Å²) in [4.78, 5) is 25.6. The molecule has 0 atom stereocenters. The van der Waals surface area contributed by atoms with E-state index in [9.17, 15) is 20.0 Å². The molecule has 1 aromatic carbocycles. The van der Waals surface area contributed by atoms with E-state index in [4.69, 9.17) is 0 Å². The van der Waals surface area contributed by atoms with Crippen molar-refractivity contribution in [3.63, 3.8) is 0 Å². The van der Waals surface area contributed by atoms with Gasteiger partial charge >= 0.3 is 0 Å². The predicted molar refractivity (Wildman–Crippen MR) is 71.8 cm³/mol. The second-order valence-corrected chi connectivity index (χ2v) is 3.91. The van der Waals surface area contributed by atoms with Gasteiger partial charge in [0, 0.05) is 24.0 Å². The van der Waals surface area contributed by atoms with Crippen LogP contribution in [0.4, 0.5) is 5.69 Å². The van der Waals surface area contributed by atoms with Gasteiger partial charge in [-0.1, -0.05) is 12.1 Å². The summed E-state index contributed by atoms with van der Waals surface area (Å²) in [5.74, 6) is -0.878. The highest BCUT2D eigenvalue weighted by Gasteiger charge is 2.10. The highest BCUT2D eigenvalue weighted by Crippen LogP contribution is 2.19. The molecular formula is C13H9N4O4-. The van der Waals surface area contributed by atoms with Crippen LogP contribution in [0.5, 0.6) is 5.75 Å². The van der Waals surface area contributed by atoms with Crippen molar-refractivity contribution in [3.05, 3.63) is 64.0 Å². The van der Waals surface area contributed by atoms with Crippen molar-refractivity contribution in [2.45, 2.75) is 0 Å². The maximum atomic E-state index is 11.7. The molecule has 0 fully saturated rings. The van der Waals surface area contributed by atoms with E-state index in [-0.39, 0.29) is 17.0 Å². The van der Waals surface area contributed by atoms with Gasteiger partial charge in [0.15, 0.2) is 0 Å². The van der Waals surface area contributed by atoms with Crippen LogP contribution in [-0.4, -0.2) is 22.0 Å². The number of pyridine rings is 1. The molecule has 8 heteroatoms. The summed E-state index contributed by atoms with van der Waals surface area (Å²) >= 11 is 0. The topological polar surface area (TPSA) is 121 Å². The molecule has 0 spiro atoms. The first-order chi connectivity index (χ1) is 10.1. The SMILES string of the molecule is O=C(N/N=C\c1cc([O-])ccc1[N+](=O)[O-])c1ccncc1. The summed E-state index contributed by atoms with van der Waals surface area (Å²) < 4.78 is 0. The standard InChI is InChI=1S/C13H10N4O4/c18-11-1-2-12(17(20)21)10(7-11)8-15-16-13(19)9-3-5-14-6-4-9/h1-8,18H,(H,16,19)/p-1/b15-8-. The fourth-order valence-corrected chi connectivity index (χ4v) is 1.53. The van der Waals surface area contributed by atoms with E-state index in [1.807, 2.05) is 0 Å². The lowest BCUT2D eigenvalue weighted by Crippen LogP contribution is -2.17. The highest BCUT2D eigenvalue weighted by atomic mass is 16.6. The van der Waals surface area contributed by atoms with Crippen LogP contribution in [0.25, 0.3) is 0 Å². The molecule has 0 aliphatic heterocycles. The quantitative estimate of drug-likeness (QED) is 0.506. The van der Waals surface area contributed by atoms with Gasteiger partial charge in [0.1, 0.15) is 0 Å². The third kappa shape index (κ3) is 3.60. The number of rotatable bonds is 4. The van der Waals surface area contributed by atoms with Crippen LogP contribution in [0.15, 0.2) is 47.8 Å². The van der Waals surface area contributed by atoms with E-state index in [0.29, 0.717) is 5.56 Å². The lowest BCUT2D eigenvalue weighted by atomic mass is 10.2. The lowest BCUT2D eigenvalue weighted by Gasteiger charge is -2.05. The fourth-order valence-electron chi connectivity index (χ4n) is 1.53. The van der Waals surface area contributed by atoms with Gasteiger partial charge in [-0.25, -0.2) is 5.43 Å². The van der Waals surface area contributed by atoms with Crippen LogP contribution in [0, 0.1) is 10.1 Å². The van der Waals surface area contributed by atoms with Crippen molar-refractivity contribution in [1.82, 2.24) is 10.4 Å².